The number of carbonyl (C=O) groups excluding carboxylic acids is 1. The van der Waals surface area contributed by atoms with Crippen molar-refractivity contribution in [3.63, 3.8) is 0 Å². The first kappa shape index (κ1) is 17.6. The molecule has 1 amide bonds. The average molecular weight is 338 g/mol. The van der Waals surface area contributed by atoms with Gasteiger partial charge in [-0.2, -0.15) is 0 Å². The quantitative estimate of drug-likeness (QED) is 0.778. The molecule has 0 spiro atoms. The van der Waals surface area contributed by atoms with Gasteiger partial charge >= 0.3 is 0 Å². The fourth-order valence-corrected chi connectivity index (χ4v) is 3.33. The van der Waals surface area contributed by atoms with Crippen LogP contribution in [-0.2, 0) is 11.2 Å². The van der Waals surface area contributed by atoms with E-state index in [1.165, 1.54) is 0 Å². The first-order valence-corrected chi connectivity index (χ1v) is 9.00. The van der Waals surface area contributed by atoms with Gasteiger partial charge in [-0.3, -0.25) is 4.79 Å². The highest BCUT2D eigenvalue weighted by Gasteiger charge is 2.24. The zero-order valence-corrected chi connectivity index (χ0v) is 14.5. The number of aliphatic hydroxyl groups excluding tert-OH is 1. The number of hydrogen-bond donors (Lipinski definition) is 2. The molecule has 2 atom stereocenters. The third-order valence-corrected chi connectivity index (χ3v) is 4.69. The number of rotatable bonds is 8. The van der Waals surface area contributed by atoms with Crippen molar-refractivity contribution >= 4 is 5.91 Å². The SMILES string of the molecule is O=C1CCCN1CC(NCC(O)Cc1ccccc1)c1ccccc1. The zero-order valence-electron chi connectivity index (χ0n) is 14.5. The molecular weight excluding hydrogens is 312 g/mol. The normalized spacial score (nSPS) is 16.8. The van der Waals surface area contributed by atoms with Crippen LogP contribution in [-0.4, -0.2) is 41.7 Å². The first-order chi connectivity index (χ1) is 12.2. The largest absolute Gasteiger partial charge is 0.391 e. The molecule has 1 saturated heterocycles. The van der Waals surface area contributed by atoms with E-state index in [0.29, 0.717) is 25.9 Å². The molecule has 0 bridgehead atoms. The van der Waals surface area contributed by atoms with E-state index in [1.807, 2.05) is 53.4 Å². The molecule has 2 unspecified atom stereocenters. The van der Waals surface area contributed by atoms with Gasteiger partial charge in [-0.25, -0.2) is 0 Å². The third kappa shape index (κ3) is 5.15. The number of nitrogens with one attached hydrogen (secondary N) is 1. The maximum atomic E-state index is 12.0. The fourth-order valence-electron chi connectivity index (χ4n) is 3.33. The molecule has 1 fully saturated rings. The second-order valence-corrected chi connectivity index (χ2v) is 6.66. The monoisotopic (exact) mass is 338 g/mol. The van der Waals surface area contributed by atoms with Crippen molar-refractivity contribution in [3.8, 4) is 0 Å². The van der Waals surface area contributed by atoms with E-state index in [2.05, 4.69) is 17.4 Å². The second kappa shape index (κ2) is 8.79. The smallest absolute Gasteiger partial charge is 0.222 e. The minimum Gasteiger partial charge on any atom is -0.391 e. The molecule has 0 saturated carbocycles. The summed E-state index contributed by atoms with van der Waals surface area (Å²) in [5, 5.41) is 13.8. The Hall–Kier alpha value is -2.17. The van der Waals surface area contributed by atoms with Crippen LogP contribution in [0.3, 0.4) is 0 Å². The number of likely N-dealkylation sites (tertiary alicyclic amines) is 1. The van der Waals surface area contributed by atoms with Gasteiger partial charge in [-0.15, -0.1) is 0 Å². The van der Waals surface area contributed by atoms with Crippen molar-refractivity contribution in [2.24, 2.45) is 0 Å². The maximum Gasteiger partial charge on any atom is 0.222 e. The summed E-state index contributed by atoms with van der Waals surface area (Å²) in [5.41, 5.74) is 2.27. The van der Waals surface area contributed by atoms with Crippen molar-refractivity contribution in [1.82, 2.24) is 10.2 Å². The molecule has 25 heavy (non-hydrogen) atoms. The summed E-state index contributed by atoms with van der Waals surface area (Å²) in [5.74, 6) is 0.229. The molecule has 1 aliphatic heterocycles. The highest BCUT2D eigenvalue weighted by atomic mass is 16.3. The van der Waals surface area contributed by atoms with E-state index < -0.39 is 6.10 Å². The van der Waals surface area contributed by atoms with Gasteiger partial charge in [0.1, 0.15) is 0 Å². The molecule has 2 N–H and O–H groups in total. The standard InChI is InChI=1S/C21H26N2O2/c24-19(14-17-8-3-1-4-9-17)15-22-20(18-10-5-2-6-11-18)16-23-13-7-12-21(23)25/h1-6,8-11,19-20,22,24H,7,12-16H2. The third-order valence-electron chi connectivity index (χ3n) is 4.69. The molecule has 1 aliphatic rings. The number of amides is 1. The van der Waals surface area contributed by atoms with E-state index in [9.17, 15) is 9.90 Å². The lowest BCUT2D eigenvalue weighted by molar-refractivity contribution is -0.128. The predicted molar refractivity (Wildman–Crippen MR) is 99.2 cm³/mol. The average Bonchev–Trinajstić information content (AvgIpc) is 3.05. The molecule has 3 rings (SSSR count). The Balaban J connectivity index is 1.60. The number of nitrogens with zero attached hydrogens (tertiary/aromatic N) is 1. The fraction of sp³-hybridized carbons (Fsp3) is 0.381. The summed E-state index contributed by atoms with van der Waals surface area (Å²) in [7, 11) is 0. The van der Waals surface area contributed by atoms with Gasteiger partial charge in [0, 0.05) is 32.1 Å². The Kier molecular flexibility index (Phi) is 6.20. The summed E-state index contributed by atoms with van der Waals surface area (Å²) >= 11 is 0. The molecule has 1 heterocycles. The summed E-state index contributed by atoms with van der Waals surface area (Å²) in [6.45, 7) is 1.98. The lowest BCUT2D eigenvalue weighted by Gasteiger charge is -2.26. The van der Waals surface area contributed by atoms with Crippen LogP contribution in [0.5, 0.6) is 0 Å². The Labute approximate surface area is 149 Å². The Morgan fingerprint density at radius 2 is 1.72 bits per heavy atom. The minimum atomic E-state index is -0.456. The van der Waals surface area contributed by atoms with E-state index in [0.717, 1.165) is 24.1 Å². The van der Waals surface area contributed by atoms with Crippen molar-refractivity contribution < 1.29 is 9.90 Å². The van der Waals surface area contributed by atoms with Gasteiger partial charge in [0.05, 0.1) is 6.10 Å². The molecule has 132 valence electrons. The van der Waals surface area contributed by atoms with Crippen LogP contribution >= 0.6 is 0 Å². The summed E-state index contributed by atoms with van der Waals surface area (Å²) in [6.07, 6.45) is 1.76. The molecule has 0 aromatic heterocycles. The molecule has 4 nitrogen and oxygen atoms in total. The van der Waals surface area contributed by atoms with Crippen LogP contribution in [0.25, 0.3) is 0 Å². The predicted octanol–water partition coefficient (Wildman–Crippen LogP) is 2.54. The summed E-state index contributed by atoms with van der Waals surface area (Å²) < 4.78 is 0. The van der Waals surface area contributed by atoms with Gasteiger partial charge in [0.2, 0.25) is 5.91 Å². The molecule has 4 heteroatoms. The van der Waals surface area contributed by atoms with Crippen LogP contribution in [0.1, 0.15) is 30.0 Å². The summed E-state index contributed by atoms with van der Waals surface area (Å²) in [6, 6.07) is 20.2. The lowest BCUT2D eigenvalue weighted by Crippen LogP contribution is -2.39. The number of hydrogen-bond acceptors (Lipinski definition) is 3. The van der Waals surface area contributed by atoms with Crippen LogP contribution in [0.2, 0.25) is 0 Å². The van der Waals surface area contributed by atoms with Crippen LogP contribution in [0.4, 0.5) is 0 Å². The Morgan fingerprint density at radius 3 is 2.36 bits per heavy atom. The van der Waals surface area contributed by atoms with Gasteiger partial charge in [0.15, 0.2) is 0 Å². The van der Waals surface area contributed by atoms with Crippen molar-refractivity contribution in [2.75, 3.05) is 19.6 Å². The van der Waals surface area contributed by atoms with E-state index >= 15 is 0 Å². The number of benzene rings is 2. The Morgan fingerprint density at radius 1 is 1.04 bits per heavy atom. The number of carbonyl (C=O) groups is 1. The minimum absolute atomic E-state index is 0.0358. The maximum absolute atomic E-state index is 12.0. The highest BCUT2D eigenvalue weighted by Crippen LogP contribution is 2.18. The number of aliphatic hydroxyl groups is 1. The van der Waals surface area contributed by atoms with Gasteiger partial charge in [-0.05, 0) is 24.0 Å². The highest BCUT2D eigenvalue weighted by molar-refractivity contribution is 5.78. The van der Waals surface area contributed by atoms with Crippen LogP contribution in [0, 0.1) is 0 Å². The topological polar surface area (TPSA) is 52.6 Å². The molecule has 2 aromatic carbocycles. The zero-order chi connectivity index (χ0) is 17.5. The second-order valence-electron chi connectivity index (χ2n) is 6.66. The van der Waals surface area contributed by atoms with Crippen molar-refractivity contribution in [1.29, 1.82) is 0 Å². The lowest BCUT2D eigenvalue weighted by atomic mass is 10.0. The van der Waals surface area contributed by atoms with Gasteiger partial charge in [-0.1, -0.05) is 60.7 Å². The van der Waals surface area contributed by atoms with E-state index in [4.69, 9.17) is 0 Å². The Bertz CT molecular complexity index is 660. The first-order valence-electron chi connectivity index (χ1n) is 9.00. The molecule has 0 radical (unpaired) electrons. The molecule has 2 aromatic rings. The van der Waals surface area contributed by atoms with Crippen molar-refractivity contribution in [3.05, 3.63) is 71.8 Å². The summed E-state index contributed by atoms with van der Waals surface area (Å²) in [4.78, 5) is 13.9. The van der Waals surface area contributed by atoms with Crippen molar-refractivity contribution in [2.45, 2.75) is 31.4 Å². The molecular formula is C21H26N2O2. The van der Waals surface area contributed by atoms with E-state index in [-0.39, 0.29) is 11.9 Å². The molecule has 0 aliphatic carbocycles. The van der Waals surface area contributed by atoms with Crippen LogP contribution in [0.15, 0.2) is 60.7 Å². The van der Waals surface area contributed by atoms with Gasteiger partial charge in [0.25, 0.3) is 0 Å². The van der Waals surface area contributed by atoms with E-state index in [1.54, 1.807) is 0 Å². The van der Waals surface area contributed by atoms with Crippen LogP contribution < -0.4 is 5.32 Å². The van der Waals surface area contributed by atoms with Gasteiger partial charge < -0.3 is 15.3 Å².